The van der Waals surface area contributed by atoms with Crippen LogP contribution in [-0.4, -0.2) is 41.9 Å². The Kier molecular flexibility index (Phi) is 6.76. The zero-order valence-corrected chi connectivity index (χ0v) is 19.8. The summed E-state index contributed by atoms with van der Waals surface area (Å²) in [6.07, 6.45) is 3.21. The van der Waals surface area contributed by atoms with Gasteiger partial charge in [-0.25, -0.2) is 0 Å². The summed E-state index contributed by atoms with van der Waals surface area (Å²) in [6, 6.07) is 13.4. The van der Waals surface area contributed by atoms with Gasteiger partial charge in [0.1, 0.15) is 10.8 Å². The molecule has 0 saturated carbocycles. The Morgan fingerprint density at radius 1 is 1.28 bits per heavy atom. The van der Waals surface area contributed by atoms with Gasteiger partial charge in [0.15, 0.2) is 0 Å². The van der Waals surface area contributed by atoms with Crippen molar-refractivity contribution in [2.24, 2.45) is 0 Å². The van der Waals surface area contributed by atoms with Crippen LogP contribution in [0.1, 0.15) is 40.2 Å². The second-order valence-electron chi connectivity index (χ2n) is 7.35. The van der Waals surface area contributed by atoms with Crippen LogP contribution in [-0.2, 0) is 11.2 Å². The molecular weight excluding hydrogens is 444 g/mol. The number of benzene rings is 2. The number of rotatable bonds is 7. The minimum atomic E-state index is -0.307. The van der Waals surface area contributed by atoms with E-state index in [4.69, 9.17) is 4.74 Å². The monoisotopic (exact) mass is 468 g/mol. The predicted molar refractivity (Wildman–Crippen MR) is 128 cm³/mol. The lowest BCUT2D eigenvalue weighted by molar-refractivity contribution is -0.117. The predicted octanol–water partition coefficient (Wildman–Crippen LogP) is 4.60. The number of anilines is 2. The average Bonchev–Trinajstić information content (AvgIpc) is 3.44. The summed E-state index contributed by atoms with van der Waals surface area (Å²) >= 11 is 2.88. The molecule has 0 aliphatic carbocycles. The molecule has 1 saturated heterocycles. The molecule has 1 fully saturated rings. The molecule has 1 atom stereocenters. The Morgan fingerprint density at radius 2 is 2.09 bits per heavy atom. The van der Waals surface area contributed by atoms with Gasteiger partial charge in [-0.2, -0.15) is 0 Å². The van der Waals surface area contributed by atoms with Crippen molar-refractivity contribution < 1.29 is 14.3 Å². The Balaban J connectivity index is 1.48. The molecule has 1 aliphatic rings. The number of aryl methyl sites for hydroxylation is 1. The number of hydrogen-bond donors (Lipinski definition) is 1. The first kappa shape index (κ1) is 22.3. The second kappa shape index (κ2) is 9.70. The van der Waals surface area contributed by atoms with Crippen LogP contribution in [0.25, 0.3) is 0 Å². The number of ether oxygens (including phenoxy) is 1. The molecule has 3 aromatic rings. The Morgan fingerprint density at radius 3 is 2.84 bits per heavy atom. The topological polar surface area (TPSA) is 84.4 Å². The zero-order valence-electron chi connectivity index (χ0n) is 18.1. The second-order valence-corrected chi connectivity index (χ2v) is 9.24. The molecule has 7 nitrogen and oxygen atoms in total. The van der Waals surface area contributed by atoms with Crippen LogP contribution in [0.4, 0.5) is 10.8 Å². The van der Waals surface area contributed by atoms with E-state index in [-0.39, 0.29) is 17.7 Å². The maximum Gasteiger partial charge on any atom is 0.261 e. The zero-order chi connectivity index (χ0) is 22.7. The smallest absolute Gasteiger partial charge is 0.261 e. The van der Waals surface area contributed by atoms with E-state index in [0.717, 1.165) is 27.6 Å². The maximum atomic E-state index is 12.8. The van der Waals surface area contributed by atoms with E-state index >= 15 is 0 Å². The SMILES string of the molecule is CCc1ccccc1N1C[C@H](c2nnc(NC(=O)c3ccc(SC)cc3OC)s2)CC1=O. The van der Waals surface area contributed by atoms with E-state index in [9.17, 15) is 9.59 Å². The molecule has 32 heavy (non-hydrogen) atoms. The maximum absolute atomic E-state index is 12.8. The quantitative estimate of drug-likeness (QED) is 0.510. The van der Waals surface area contributed by atoms with Crippen molar-refractivity contribution in [2.45, 2.75) is 30.6 Å². The summed E-state index contributed by atoms with van der Waals surface area (Å²) in [6.45, 7) is 2.64. The number of nitrogens with zero attached hydrogens (tertiary/aromatic N) is 3. The Labute approximate surface area is 195 Å². The minimum absolute atomic E-state index is 0.0500. The highest BCUT2D eigenvalue weighted by molar-refractivity contribution is 7.98. The lowest BCUT2D eigenvalue weighted by atomic mass is 10.1. The molecule has 4 rings (SSSR count). The molecule has 0 unspecified atom stereocenters. The van der Waals surface area contributed by atoms with Crippen LogP contribution in [0.2, 0.25) is 0 Å². The van der Waals surface area contributed by atoms with Crippen LogP contribution in [0.15, 0.2) is 47.4 Å². The van der Waals surface area contributed by atoms with Gasteiger partial charge in [-0.3, -0.25) is 14.9 Å². The van der Waals surface area contributed by atoms with Crippen LogP contribution >= 0.6 is 23.1 Å². The van der Waals surface area contributed by atoms with Gasteiger partial charge >= 0.3 is 0 Å². The number of hydrogen-bond acceptors (Lipinski definition) is 7. The first-order chi connectivity index (χ1) is 15.5. The van der Waals surface area contributed by atoms with Gasteiger partial charge in [0, 0.05) is 29.5 Å². The Bertz CT molecular complexity index is 1150. The van der Waals surface area contributed by atoms with Gasteiger partial charge in [-0.15, -0.1) is 22.0 Å². The third-order valence-corrected chi connectivity index (χ3v) is 7.18. The number of methoxy groups -OCH3 is 1. The van der Waals surface area contributed by atoms with Gasteiger partial charge in [0.25, 0.3) is 5.91 Å². The average molecular weight is 469 g/mol. The number of carbonyl (C=O) groups is 2. The third-order valence-electron chi connectivity index (χ3n) is 5.45. The van der Waals surface area contributed by atoms with Crippen LogP contribution in [0.3, 0.4) is 0 Å². The fourth-order valence-electron chi connectivity index (χ4n) is 3.78. The molecule has 2 aromatic carbocycles. The summed E-state index contributed by atoms with van der Waals surface area (Å²) in [5.41, 5.74) is 2.54. The molecule has 0 radical (unpaired) electrons. The van der Waals surface area contributed by atoms with Gasteiger partial charge in [0.2, 0.25) is 11.0 Å². The normalized spacial score (nSPS) is 15.8. The van der Waals surface area contributed by atoms with E-state index in [0.29, 0.717) is 29.4 Å². The minimum Gasteiger partial charge on any atom is -0.496 e. The summed E-state index contributed by atoms with van der Waals surface area (Å²) in [7, 11) is 1.54. The molecule has 0 spiro atoms. The molecular formula is C23H24N4O3S2. The fourth-order valence-corrected chi connectivity index (χ4v) is 5.04. The lowest BCUT2D eigenvalue weighted by Gasteiger charge is -2.19. The van der Waals surface area contributed by atoms with E-state index < -0.39 is 0 Å². The molecule has 1 aliphatic heterocycles. The molecule has 9 heteroatoms. The fraction of sp³-hybridized carbons (Fsp3) is 0.304. The number of para-hydroxylation sites is 1. The van der Waals surface area contributed by atoms with Crippen molar-refractivity contribution in [1.29, 1.82) is 0 Å². The van der Waals surface area contributed by atoms with Crippen molar-refractivity contribution in [3.8, 4) is 5.75 Å². The van der Waals surface area contributed by atoms with Gasteiger partial charge in [0.05, 0.1) is 12.7 Å². The van der Waals surface area contributed by atoms with Gasteiger partial charge in [-0.05, 0) is 42.5 Å². The van der Waals surface area contributed by atoms with Crippen LogP contribution < -0.4 is 15.0 Å². The van der Waals surface area contributed by atoms with Crippen molar-refractivity contribution in [2.75, 3.05) is 30.1 Å². The van der Waals surface area contributed by atoms with E-state index in [2.05, 4.69) is 28.5 Å². The number of carbonyl (C=O) groups excluding carboxylic acids is 2. The Hall–Kier alpha value is -2.91. The number of aromatic nitrogens is 2. The lowest BCUT2D eigenvalue weighted by Crippen LogP contribution is -2.25. The highest BCUT2D eigenvalue weighted by atomic mass is 32.2. The molecule has 1 aromatic heterocycles. The largest absolute Gasteiger partial charge is 0.496 e. The van der Waals surface area contributed by atoms with Crippen LogP contribution in [0.5, 0.6) is 5.75 Å². The number of amides is 2. The molecule has 166 valence electrons. The highest BCUT2D eigenvalue weighted by Crippen LogP contribution is 2.36. The van der Waals surface area contributed by atoms with Crippen molar-refractivity contribution in [3.63, 3.8) is 0 Å². The van der Waals surface area contributed by atoms with Crippen molar-refractivity contribution >= 4 is 45.7 Å². The van der Waals surface area contributed by atoms with Crippen molar-refractivity contribution in [1.82, 2.24) is 10.2 Å². The van der Waals surface area contributed by atoms with Crippen molar-refractivity contribution in [3.05, 3.63) is 58.6 Å². The summed E-state index contributed by atoms with van der Waals surface area (Å²) in [5, 5.41) is 12.4. The summed E-state index contributed by atoms with van der Waals surface area (Å²) in [4.78, 5) is 28.3. The number of nitrogens with one attached hydrogen (secondary N) is 1. The first-order valence-corrected chi connectivity index (χ1v) is 12.3. The first-order valence-electron chi connectivity index (χ1n) is 10.3. The summed E-state index contributed by atoms with van der Waals surface area (Å²) in [5.74, 6) is 0.227. The van der Waals surface area contributed by atoms with Gasteiger partial charge in [-0.1, -0.05) is 36.5 Å². The van der Waals surface area contributed by atoms with E-state index in [1.54, 1.807) is 24.9 Å². The standard InChI is InChI=1S/C23H24N4O3S2/c1-4-14-7-5-6-8-18(14)27-13-15(11-20(27)28)22-25-26-23(32-22)24-21(29)17-10-9-16(31-3)12-19(17)30-2/h5-10,12,15H,4,11,13H2,1-3H3,(H,24,26,29)/t15-/m1/s1. The van der Waals surface area contributed by atoms with Gasteiger partial charge < -0.3 is 9.64 Å². The molecule has 1 N–H and O–H groups in total. The number of thioether (sulfide) groups is 1. The molecule has 2 amide bonds. The third kappa shape index (κ3) is 4.49. The molecule has 0 bridgehead atoms. The van der Waals surface area contributed by atoms with E-state index in [1.165, 1.54) is 11.3 Å². The summed E-state index contributed by atoms with van der Waals surface area (Å²) < 4.78 is 5.37. The van der Waals surface area contributed by atoms with Crippen LogP contribution in [0, 0.1) is 0 Å². The highest BCUT2D eigenvalue weighted by Gasteiger charge is 2.34. The molecule has 2 heterocycles. The van der Waals surface area contributed by atoms with E-state index in [1.807, 2.05) is 41.5 Å².